The fourth-order valence-corrected chi connectivity index (χ4v) is 1.89. The highest BCUT2D eigenvalue weighted by Crippen LogP contribution is 2.06. The van der Waals surface area contributed by atoms with Crippen molar-refractivity contribution in [3.8, 4) is 11.8 Å². The molecule has 0 saturated carbocycles. The third-order valence-electron chi connectivity index (χ3n) is 2.54. The minimum atomic E-state index is -0.395. The normalized spacial score (nSPS) is 11.9. The van der Waals surface area contributed by atoms with E-state index in [2.05, 4.69) is 34.7 Å². The van der Waals surface area contributed by atoms with Crippen molar-refractivity contribution in [2.45, 2.75) is 70.8 Å². The Balaban J connectivity index is 3.26. The van der Waals surface area contributed by atoms with Crippen molar-refractivity contribution in [3.05, 3.63) is 0 Å². The molecule has 0 aromatic carbocycles. The molecule has 0 aliphatic rings. The van der Waals surface area contributed by atoms with Crippen LogP contribution < -0.4 is 0 Å². The minimum absolute atomic E-state index is 0.395. The summed E-state index contributed by atoms with van der Waals surface area (Å²) in [5, 5.41) is 10.6. The third kappa shape index (κ3) is 12.1. The Hall–Kier alpha value is 0. The van der Waals surface area contributed by atoms with E-state index >= 15 is 0 Å². The van der Waals surface area contributed by atoms with E-state index < -0.39 is 6.10 Å². The van der Waals surface area contributed by atoms with Gasteiger partial charge in [-0.25, -0.2) is 0 Å². The van der Waals surface area contributed by atoms with Crippen LogP contribution in [-0.2, 0) is 0 Å². The summed E-state index contributed by atoms with van der Waals surface area (Å²) in [4.78, 5) is 0. The van der Waals surface area contributed by atoms with Crippen molar-refractivity contribution in [3.63, 3.8) is 0 Å². The number of hydrogen-bond donors (Lipinski definition) is 1. The van der Waals surface area contributed by atoms with Crippen molar-refractivity contribution >= 4 is 15.9 Å². The summed E-state index contributed by atoms with van der Waals surface area (Å²) in [5.41, 5.74) is 0. The van der Waals surface area contributed by atoms with Crippen LogP contribution in [0, 0.1) is 11.8 Å². The van der Waals surface area contributed by atoms with Crippen LogP contribution in [0.15, 0.2) is 0 Å². The molecule has 1 N–H and O–H groups in total. The van der Waals surface area contributed by atoms with Crippen LogP contribution in [0.25, 0.3) is 0 Å². The Kier molecular flexibility index (Phi) is 13.1. The van der Waals surface area contributed by atoms with Crippen molar-refractivity contribution < 1.29 is 5.11 Å². The summed E-state index contributed by atoms with van der Waals surface area (Å²) < 4.78 is 0. The van der Waals surface area contributed by atoms with Crippen LogP contribution in [0.1, 0.15) is 64.7 Å². The number of aliphatic hydroxyl groups is 1. The van der Waals surface area contributed by atoms with Gasteiger partial charge in [0.05, 0.1) is 0 Å². The monoisotopic (exact) mass is 288 g/mol. The van der Waals surface area contributed by atoms with Crippen molar-refractivity contribution in [2.75, 3.05) is 5.33 Å². The average Bonchev–Trinajstić information content (AvgIpc) is 2.30. The van der Waals surface area contributed by atoms with Gasteiger partial charge in [0.15, 0.2) is 0 Å². The van der Waals surface area contributed by atoms with Crippen LogP contribution in [0.2, 0.25) is 0 Å². The van der Waals surface area contributed by atoms with Gasteiger partial charge < -0.3 is 5.11 Å². The van der Waals surface area contributed by atoms with Crippen LogP contribution in [0.4, 0.5) is 0 Å². The molecule has 0 rings (SSSR count). The first-order valence-electron chi connectivity index (χ1n) is 6.53. The zero-order valence-electron chi connectivity index (χ0n) is 10.5. The molecule has 1 atom stereocenters. The molecule has 1 unspecified atom stereocenters. The van der Waals surface area contributed by atoms with Crippen molar-refractivity contribution in [1.29, 1.82) is 0 Å². The molecule has 0 radical (unpaired) electrons. The predicted molar refractivity (Wildman–Crippen MR) is 74.8 cm³/mol. The molecule has 0 aliphatic heterocycles. The van der Waals surface area contributed by atoms with E-state index in [1.165, 1.54) is 32.1 Å². The third-order valence-corrected chi connectivity index (χ3v) is 3.10. The molecule has 0 bridgehead atoms. The van der Waals surface area contributed by atoms with E-state index in [0.717, 1.165) is 31.0 Å². The second-order valence-corrected chi connectivity index (χ2v) is 4.98. The smallest absolute Gasteiger partial charge is 0.114 e. The zero-order chi connectivity index (χ0) is 12.1. The maximum absolute atomic E-state index is 9.47. The Morgan fingerprint density at radius 1 is 1.06 bits per heavy atom. The lowest BCUT2D eigenvalue weighted by Gasteiger charge is -2.00. The fourth-order valence-electron chi connectivity index (χ4n) is 1.50. The van der Waals surface area contributed by atoms with Gasteiger partial charge in [-0.3, -0.25) is 0 Å². The number of aliphatic hydroxyl groups excluding tert-OH is 1. The van der Waals surface area contributed by atoms with E-state index in [1.54, 1.807) is 0 Å². The molecule has 0 spiro atoms. The summed E-state index contributed by atoms with van der Waals surface area (Å²) >= 11 is 3.43. The van der Waals surface area contributed by atoms with E-state index in [0.29, 0.717) is 0 Å². The lowest BCUT2D eigenvalue weighted by Crippen LogP contribution is -2.01. The molecule has 2 heteroatoms. The van der Waals surface area contributed by atoms with Crippen molar-refractivity contribution in [1.82, 2.24) is 0 Å². The van der Waals surface area contributed by atoms with Gasteiger partial charge in [0, 0.05) is 11.8 Å². The van der Waals surface area contributed by atoms with E-state index in [1.807, 2.05) is 0 Å². The second kappa shape index (κ2) is 13.1. The lowest BCUT2D eigenvalue weighted by atomic mass is 10.1. The Labute approximate surface area is 109 Å². The van der Waals surface area contributed by atoms with Crippen LogP contribution >= 0.6 is 15.9 Å². The van der Waals surface area contributed by atoms with Crippen LogP contribution in [0.3, 0.4) is 0 Å². The van der Waals surface area contributed by atoms with Gasteiger partial charge in [0.2, 0.25) is 0 Å². The van der Waals surface area contributed by atoms with Crippen LogP contribution in [0.5, 0.6) is 0 Å². The Morgan fingerprint density at radius 3 is 2.44 bits per heavy atom. The summed E-state index contributed by atoms with van der Waals surface area (Å²) in [6.07, 6.45) is 9.93. The summed E-state index contributed by atoms with van der Waals surface area (Å²) in [7, 11) is 0. The number of unbranched alkanes of at least 4 members (excludes halogenated alkanes) is 6. The molecular weight excluding hydrogens is 264 g/mol. The largest absolute Gasteiger partial charge is 0.380 e. The summed E-state index contributed by atoms with van der Waals surface area (Å²) in [5.74, 6) is 5.99. The molecule has 94 valence electrons. The van der Waals surface area contributed by atoms with E-state index in [-0.39, 0.29) is 0 Å². The van der Waals surface area contributed by atoms with Gasteiger partial charge >= 0.3 is 0 Å². The number of halogens is 1. The molecule has 16 heavy (non-hydrogen) atoms. The zero-order valence-corrected chi connectivity index (χ0v) is 12.1. The lowest BCUT2D eigenvalue weighted by molar-refractivity contribution is 0.218. The topological polar surface area (TPSA) is 20.2 Å². The SMILES string of the molecule is CCCCC(O)C#CCCCCCCCBr. The molecule has 0 saturated heterocycles. The molecule has 0 aromatic rings. The highest BCUT2D eigenvalue weighted by molar-refractivity contribution is 9.09. The minimum Gasteiger partial charge on any atom is -0.380 e. The molecule has 0 aromatic heterocycles. The first-order chi connectivity index (χ1) is 7.81. The highest BCUT2D eigenvalue weighted by atomic mass is 79.9. The Morgan fingerprint density at radius 2 is 1.75 bits per heavy atom. The number of rotatable bonds is 9. The van der Waals surface area contributed by atoms with Crippen molar-refractivity contribution in [2.24, 2.45) is 0 Å². The second-order valence-electron chi connectivity index (χ2n) is 4.19. The Bertz CT molecular complexity index is 193. The predicted octanol–water partition coefficient (Wildman–Crippen LogP) is 4.28. The van der Waals surface area contributed by atoms with E-state index in [4.69, 9.17) is 0 Å². The van der Waals surface area contributed by atoms with Gasteiger partial charge in [-0.05, 0) is 19.3 Å². The molecule has 0 aliphatic carbocycles. The fraction of sp³-hybridized carbons (Fsp3) is 0.857. The first kappa shape index (κ1) is 16.0. The van der Waals surface area contributed by atoms with Gasteiger partial charge in [-0.1, -0.05) is 60.9 Å². The van der Waals surface area contributed by atoms with Gasteiger partial charge in [-0.15, -0.1) is 5.92 Å². The molecule has 0 fully saturated rings. The van der Waals surface area contributed by atoms with E-state index in [9.17, 15) is 5.11 Å². The maximum atomic E-state index is 9.47. The summed E-state index contributed by atoms with van der Waals surface area (Å²) in [6, 6.07) is 0. The molecular formula is C14H25BrO. The standard InChI is InChI=1S/C14H25BrO/c1-2-3-11-14(16)12-9-7-5-4-6-8-10-13-15/h14,16H,2-8,10-11,13H2,1H3. The molecule has 0 heterocycles. The van der Waals surface area contributed by atoms with Gasteiger partial charge in [-0.2, -0.15) is 0 Å². The van der Waals surface area contributed by atoms with Gasteiger partial charge in [0.1, 0.15) is 6.10 Å². The maximum Gasteiger partial charge on any atom is 0.114 e. The summed E-state index contributed by atoms with van der Waals surface area (Å²) in [6.45, 7) is 2.13. The first-order valence-corrected chi connectivity index (χ1v) is 7.65. The van der Waals surface area contributed by atoms with Crippen LogP contribution in [-0.4, -0.2) is 16.5 Å². The number of hydrogen-bond acceptors (Lipinski definition) is 1. The van der Waals surface area contributed by atoms with Gasteiger partial charge in [0.25, 0.3) is 0 Å². The molecule has 0 amide bonds. The highest BCUT2D eigenvalue weighted by Gasteiger charge is 1.96. The average molecular weight is 289 g/mol. The number of alkyl halides is 1. The quantitative estimate of drug-likeness (QED) is 0.381. The molecule has 1 nitrogen and oxygen atoms in total.